The third-order valence-electron chi connectivity index (χ3n) is 6.22. The molecule has 0 unspecified atom stereocenters. The molecule has 3 aromatic heterocycles. The maximum atomic E-state index is 12.7. The van der Waals surface area contributed by atoms with Gasteiger partial charge in [-0.05, 0) is 30.9 Å². The summed E-state index contributed by atoms with van der Waals surface area (Å²) in [7, 11) is 1.65. The van der Waals surface area contributed by atoms with E-state index in [1.165, 1.54) is 10.4 Å². The Labute approximate surface area is 182 Å². The number of aryl methyl sites for hydroxylation is 1. The fraction of sp³-hybridized carbons (Fsp3) is 0.318. The Morgan fingerprint density at radius 2 is 2.23 bits per heavy atom. The van der Waals surface area contributed by atoms with Crippen LogP contribution in [0.4, 0.5) is 11.5 Å². The number of amides is 1. The summed E-state index contributed by atoms with van der Waals surface area (Å²) in [6, 6.07) is 3.93. The summed E-state index contributed by atoms with van der Waals surface area (Å²) in [6.07, 6.45) is 8.03. The van der Waals surface area contributed by atoms with Gasteiger partial charge in [0.05, 0.1) is 29.9 Å². The molecule has 1 fully saturated rings. The van der Waals surface area contributed by atoms with E-state index in [0.717, 1.165) is 65.0 Å². The molecule has 0 saturated carbocycles. The number of nitrogens with one attached hydrogen (secondary N) is 2. The number of hydrogen-bond acceptors (Lipinski definition) is 7. The molecule has 1 amide bonds. The van der Waals surface area contributed by atoms with Gasteiger partial charge in [0.2, 0.25) is 5.91 Å². The third kappa shape index (κ3) is 3.03. The Morgan fingerprint density at radius 1 is 1.32 bits per heavy atom. The Bertz CT molecular complexity index is 1310. The number of methoxy groups -OCH3 is 1. The second kappa shape index (κ2) is 7.19. The smallest absolute Gasteiger partial charge is 0.226 e. The molecule has 1 atom stereocenters. The van der Waals surface area contributed by atoms with Crippen molar-refractivity contribution in [3.63, 3.8) is 0 Å². The van der Waals surface area contributed by atoms with Crippen LogP contribution in [0.1, 0.15) is 16.9 Å². The first kappa shape index (κ1) is 18.6. The Balaban J connectivity index is 1.37. The third-order valence-corrected chi connectivity index (χ3v) is 7.38. The molecule has 6 rings (SSSR count). The summed E-state index contributed by atoms with van der Waals surface area (Å²) < 4.78 is 5.58. The van der Waals surface area contributed by atoms with Crippen LogP contribution in [0.25, 0.3) is 21.1 Å². The van der Waals surface area contributed by atoms with Gasteiger partial charge in [-0.3, -0.25) is 9.89 Å². The minimum absolute atomic E-state index is 0.0715. The lowest BCUT2D eigenvalue weighted by Gasteiger charge is -2.35. The quantitative estimate of drug-likeness (QED) is 0.512. The van der Waals surface area contributed by atoms with Crippen LogP contribution in [0, 0.1) is 12.3 Å². The first-order chi connectivity index (χ1) is 15.2. The molecule has 1 aliphatic carbocycles. The summed E-state index contributed by atoms with van der Waals surface area (Å²) >= 11 is 1.68. The molecule has 9 heteroatoms. The fourth-order valence-electron chi connectivity index (χ4n) is 4.48. The van der Waals surface area contributed by atoms with Crippen molar-refractivity contribution in [2.75, 3.05) is 25.5 Å². The van der Waals surface area contributed by atoms with E-state index in [0.29, 0.717) is 5.75 Å². The molecule has 1 saturated heterocycles. The number of rotatable bonds is 4. The molecule has 157 valence electrons. The average Bonchev–Trinajstić information content (AvgIpc) is 3.35. The van der Waals surface area contributed by atoms with Crippen molar-refractivity contribution in [3.05, 3.63) is 41.5 Å². The number of anilines is 2. The zero-order valence-electron chi connectivity index (χ0n) is 17.0. The van der Waals surface area contributed by atoms with Gasteiger partial charge in [0.1, 0.15) is 22.7 Å². The number of benzene rings is 1. The van der Waals surface area contributed by atoms with Crippen LogP contribution < -0.4 is 10.1 Å². The molecule has 0 bridgehead atoms. The maximum absolute atomic E-state index is 12.7. The highest BCUT2D eigenvalue weighted by atomic mass is 32.1. The highest BCUT2D eigenvalue weighted by Gasteiger charge is 2.33. The highest BCUT2D eigenvalue weighted by Crippen LogP contribution is 2.42. The molecule has 1 aromatic carbocycles. The van der Waals surface area contributed by atoms with Crippen LogP contribution in [0.5, 0.6) is 5.75 Å². The van der Waals surface area contributed by atoms with Crippen LogP contribution in [0.15, 0.2) is 24.7 Å². The lowest BCUT2D eigenvalue weighted by Crippen LogP contribution is -2.46. The highest BCUT2D eigenvalue weighted by molar-refractivity contribution is 7.19. The van der Waals surface area contributed by atoms with E-state index in [-0.39, 0.29) is 11.8 Å². The predicted octanol–water partition coefficient (Wildman–Crippen LogP) is 3.47. The normalized spacial score (nSPS) is 18.1. The number of nitrogens with zero attached hydrogens (tertiary/aromatic N) is 4. The van der Waals surface area contributed by atoms with Crippen LogP contribution in [0.2, 0.25) is 0 Å². The SMILES string of the molecule is COc1cc2[nH]ncc2cc1Nc1ncnc2sc3c(c12)CC[C@H](C(=O)N1C[CH]C1)C3. The summed E-state index contributed by atoms with van der Waals surface area (Å²) in [5, 5.41) is 12.6. The Kier molecular flexibility index (Phi) is 4.31. The molecule has 4 heterocycles. The van der Waals surface area contributed by atoms with Crippen molar-refractivity contribution < 1.29 is 9.53 Å². The van der Waals surface area contributed by atoms with Gasteiger partial charge in [0.15, 0.2) is 0 Å². The van der Waals surface area contributed by atoms with Gasteiger partial charge >= 0.3 is 0 Å². The van der Waals surface area contributed by atoms with Gasteiger partial charge in [0, 0.05) is 41.8 Å². The molecular formula is C22H21N6O2S. The number of hydrogen-bond donors (Lipinski definition) is 2. The number of ether oxygens (including phenoxy) is 1. The van der Waals surface area contributed by atoms with Crippen LogP contribution in [0.3, 0.4) is 0 Å². The topological polar surface area (TPSA) is 96.0 Å². The maximum Gasteiger partial charge on any atom is 0.226 e. The summed E-state index contributed by atoms with van der Waals surface area (Å²) in [5.74, 6) is 1.84. The van der Waals surface area contributed by atoms with Crippen molar-refractivity contribution in [3.8, 4) is 5.75 Å². The number of fused-ring (bicyclic) bond motifs is 4. The van der Waals surface area contributed by atoms with Gasteiger partial charge in [-0.2, -0.15) is 5.10 Å². The number of H-pyrrole nitrogens is 1. The molecule has 1 radical (unpaired) electrons. The largest absolute Gasteiger partial charge is 0.494 e. The van der Waals surface area contributed by atoms with Gasteiger partial charge < -0.3 is 15.0 Å². The van der Waals surface area contributed by atoms with Crippen LogP contribution in [-0.2, 0) is 17.6 Å². The molecular weight excluding hydrogens is 412 g/mol. The van der Waals surface area contributed by atoms with Crippen molar-refractivity contribution in [1.29, 1.82) is 0 Å². The lowest BCUT2D eigenvalue weighted by molar-refractivity contribution is -0.137. The van der Waals surface area contributed by atoms with Gasteiger partial charge in [0.25, 0.3) is 0 Å². The van der Waals surface area contributed by atoms with Gasteiger partial charge in [-0.1, -0.05) is 0 Å². The zero-order valence-corrected chi connectivity index (χ0v) is 17.8. The first-order valence-electron chi connectivity index (χ1n) is 10.3. The van der Waals surface area contributed by atoms with Crippen molar-refractivity contribution in [2.45, 2.75) is 19.3 Å². The number of aromatic amines is 1. The zero-order chi connectivity index (χ0) is 20.9. The first-order valence-corrected chi connectivity index (χ1v) is 11.2. The molecule has 0 spiro atoms. The molecule has 2 aliphatic rings. The van der Waals surface area contributed by atoms with Crippen molar-refractivity contribution in [2.24, 2.45) is 5.92 Å². The van der Waals surface area contributed by atoms with E-state index >= 15 is 0 Å². The van der Waals surface area contributed by atoms with E-state index in [1.807, 2.05) is 17.0 Å². The molecule has 31 heavy (non-hydrogen) atoms. The Hall–Kier alpha value is -3.20. The predicted molar refractivity (Wildman–Crippen MR) is 120 cm³/mol. The van der Waals surface area contributed by atoms with Crippen molar-refractivity contribution in [1.82, 2.24) is 25.1 Å². The van der Waals surface area contributed by atoms with Gasteiger partial charge in [-0.15, -0.1) is 11.3 Å². The average molecular weight is 434 g/mol. The summed E-state index contributed by atoms with van der Waals surface area (Å²) in [5.41, 5.74) is 3.01. The fourth-order valence-corrected chi connectivity index (χ4v) is 5.74. The van der Waals surface area contributed by atoms with Crippen molar-refractivity contribution >= 4 is 49.9 Å². The molecule has 8 nitrogen and oxygen atoms in total. The monoisotopic (exact) mass is 433 g/mol. The minimum Gasteiger partial charge on any atom is -0.494 e. The number of carbonyl (C=O) groups is 1. The van der Waals surface area contributed by atoms with E-state index in [1.54, 1.807) is 31.0 Å². The van der Waals surface area contributed by atoms with E-state index in [2.05, 4.69) is 31.9 Å². The van der Waals surface area contributed by atoms with Crippen LogP contribution in [-0.4, -0.2) is 51.2 Å². The molecule has 1 aliphatic heterocycles. The number of thiophene rings is 1. The van der Waals surface area contributed by atoms with Gasteiger partial charge in [-0.25, -0.2) is 9.97 Å². The summed E-state index contributed by atoms with van der Waals surface area (Å²) in [4.78, 5) is 25.9. The lowest BCUT2D eigenvalue weighted by atomic mass is 9.86. The number of likely N-dealkylation sites (tertiary alicyclic amines) is 1. The molecule has 4 aromatic rings. The summed E-state index contributed by atoms with van der Waals surface area (Å²) in [6.45, 7) is 1.58. The second-order valence-electron chi connectivity index (χ2n) is 8.01. The number of carbonyl (C=O) groups excluding carboxylic acids is 1. The number of aromatic nitrogens is 4. The standard InChI is InChI=1S/C22H21N6O2S/c1-30-17-9-15-13(10-25-27-15)7-16(17)26-20-19-14-4-3-12(22(29)28-5-2-6-28)8-18(14)31-21(19)24-11-23-20/h2,7,9-12H,3-6,8H2,1H3,(H,25,27)(H,23,24,26)/t12-/m0/s1. The second-order valence-corrected chi connectivity index (χ2v) is 9.10. The van der Waals surface area contributed by atoms with Crippen LogP contribution >= 0.6 is 11.3 Å². The van der Waals surface area contributed by atoms with E-state index in [9.17, 15) is 4.79 Å². The van der Waals surface area contributed by atoms with E-state index in [4.69, 9.17) is 4.74 Å². The van der Waals surface area contributed by atoms with E-state index < -0.39 is 0 Å². The Morgan fingerprint density at radius 3 is 3.03 bits per heavy atom. The molecule has 2 N–H and O–H groups in total. The minimum atomic E-state index is 0.0715.